The molecule has 0 amide bonds. The third-order valence-electron chi connectivity index (χ3n) is 3.51. The second kappa shape index (κ2) is 5.39. The standard InChI is InChI=1S/C13H21N3/c1-11(2)13-4-3-5-16(9-13)8-12-6-14-10-15-7-12/h6-7,10-11,13H,3-5,8-9H2,1-2H3/t13-/m0/s1. The average Bonchev–Trinajstić information content (AvgIpc) is 2.30. The van der Waals surface area contributed by atoms with E-state index in [0.29, 0.717) is 0 Å². The first-order valence-electron chi connectivity index (χ1n) is 6.22. The first-order chi connectivity index (χ1) is 7.75. The minimum Gasteiger partial charge on any atom is -0.299 e. The fraction of sp³-hybridized carbons (Fsp3) is 0.692. The summed E-state index contributed by atoms with van der Waals surface area (Å²) in [5, 5.41) is 0. The number of aromatic nitrogens is 2. The average molecular weight is 219 g/mol. The zero-order valence-electron chi connectivity index (χ0n) is 10.3. The Morgan fingerprint density at radius 3 is 2.81 bits per heavy atom. The lowest BCUT2D eigenvalue weighted by atomic mass is 9.88. The van der Waals surface area contributed by atoms with Crippen LogP contribution in [0.5, 0.6) is 0 Å². The number of hydrogen-bond donors (Lipinski definition) is 0. The minimum atomic E-state index is 0.801. The molecule has 3 nitrogen and oxygen atoms in total. The number of rotatable bonds is 3. The van der Waals surface area contributed by atoms with Gasteiger partial charge in [-0.3, -0.25) is 4.90 Å². The second-order valence-corrected chi connectivity index (χ2v) is 5.13. The van der Waals surface area contributed by atoms with Gasteiger partial charge in [0, 0.05) is 31.0 Å². The highest BCUT2D eigenvalue weighted by Gasteiger charge is 2.22. The van der Waals surface area contributed by atoms with E-state index in [1.165, 1.54) is 31.5 Å². The van der Waals surface area contributed by atoms with Crippen LogP contribution in [0.1, 0.15) is 32.3 Å². The zero-order valence-corrected chi connectivity index (χ0v) is 10.3. The molecule has 0 unspecified atom stereocenters. The van der Waals surface area contributed by atoms with Crippen LogP contribution in [0.25, 0.3) is 0 Å². The van der Waals surface area contributed by atoms with E-state index in [2.05, 4.69) is 28.7 Å². The van der Waals surface area contributed by atoms with Crippen LogP contribution < -0.4 is 0 Å². The topological polar surface area (TPSA) is 29.0 Å². The fourth-order valence-electron chi connectivity index (χ4n) is 2.45. The summed E-state index contributed by atoms with van der Waals surface area (Å²) in [7, 11) is 0. The molecule has 0 saturated carbocycles. The lowest BCUT2D eigenvalue weighted by molar-refractivity contribution is 0.139. The smallest absolute Gasteiger partial charge is 0.115 e. The monoisotopic (exact) mass is 219 g/mol. The second-order valence-electron chi connectivity index (χ2n) is 5.13. The number of hydrogen-bond acceptors (Lipinski definition) is 3. The van der Waals surface area contributed by atoms with Gasteiger partial charge in [0.2, 0.25) is 0 Å². The Labute approximate surface area is 97.9 Å². The van der Waals surface area contributed by atoms with Crippen LogP contribution in [0.4, 0.5) is 0 Å². The van der Waals surface area contributed by atoms with Crippen LogP contribution in [-0.4, -0.2) is 28.0 Å². The van der Waals surface area contributed by atoms with Crippen LogP contribution in [-0.2, 0) is 6.54 Å². The Morgan fingerprint density at radius 1 is 1.38 bits per heavy atom. The molecule has 88 valence electrons. The number of nitrogens with zero attached hydrogens (tertiary/aromatic N) is 3. The summed E-state index contributed by atoms with van der Waals surface area (Å²) < 4.78 is 0. The van der Waals surface area contributed by atoms with E-state index in [-0.39, 0.29) is 0 Å². The minimum absolute atomic E-state index is 0.801. The highest BCUT2D eigenvalue weighted by molar-refractivity contribution is 5.02. The van der Waals surface area contributed by atoms with Gasteiger partial charge in [-0.1, -0.05) is 13.8 Å². The third kappa shape index (κ3) is 3.01. The van der Waals surface area contributed by atoms with Gasteiger partial charge in [-0.15, -0.1) is 0 Å². The summed E-state index contributed by atoms with van der Waals surface area (Å²) in [6.07, 6.45) is 8.16. The van der Waals surface area contributed by atoms with E-state index in [4.69, 9.17) is 0 Å². The van der Waals surface area contributed by atoms with Gasteiger partial charge in [-0.05, 0) is 31.2 Å². The summed E-state index contributed by atoms with van der Waals surface area (Å²) >= 11 is 0. The molecule has 1 saturated heterocycles. The van der Waals surface area contributed by atoms with Crippen molar-refractivity contribution in [3.05, 3.63) is 24.3 Å². The maximum atomic E-state index is 4.07. The molecule has 1 aromatic rings. The van der Waals surface area contributed by atoms with Crippen molar-refractivity contribution in [1.29, 1.82) is 0 Å². The molecule has 3 heteroatoms. The molecule has 0 aromatic carbocycles. The molecule has 0 N–H and O–H groups in total. The maximum absolute atomic E-state index is 4.07. The van der Waals surface area contributed by atoms with Gasteiger partial charge in [-0.2, -0.15) is 0 Å². The quantitative estimate of drug-likeness (QED) is 0.781. The Hall–Kier alpha value is -0.960. The van der Waals surface area contributed by atoms with Gasteiger partial charge >= 0.3 is 0 Å². The predicted molar refractivity (Wildman–Crippen MR) is 64.9 cm³/mol. The normalized spacial score (nSPS) is 22.6. The van der Waals surface area contributed by atoms with Gasteiger partial charge < -0.3 is 0 Å². The van der Waals surface area contributed by atoms with Gasteiger partial charge in [0.25, 0.3) is 0 Å². The summed E-state index contributed by atoms with van der Waals surface area (Å²) in [6, 6.07) is 0. The van der Waals surface area contributed by atoms with Crippen LogP contribution in [0.2, 0.25) is 0 Å². The molecular formula is C13H21N3. The Balaban J connectivity index is 1.90. The van der Waals surface area contributed by atoms with Crippen molar-refractivity contribution in [1.82, 2.24) is 14.9 Å². The molecule has 1 atom stereocenters. The zero-order chi connectivity index (χ0) is 11.4. The van der Waals surface area contributed by atoms with Crippen molar-refractivity contribution in [2.24, 2.45) is 11.8 Å². The van der Waals surface area contributed by atoms with E-state index in [0.717, 1.165) is 18.4 Å². The molecule has 1 aromatic heterocycles. The fourth-order valence-corrected chi connectivity index (χ4v) is 2.45. The molecule has 1 fully saturated rings. The molecule has 16 heavy (non-hydrogen) atoms. The van der Waals surface area contributed by atoms with E-state index in [9.17, 15) is 0 Å². The largest absolute Gasteiger partial charge is 0.299 e. The van der Waals surface area contributed by atoms with E-state index >= 15 is 0 Å². The number of piperidine rings is 1. The molecule has 0 radical (unpaired) electrons. The van der Waals surface area contributed by atoms with Crippen LogP contribution >= 0.6 is 0 Å². The van der Waals surface area contributed by atoms with Crippen molar-refractivity contribution in [2.75, 3.05) is 13.1 Å². The predicted octanol–water partition coefficient (Wildman–Crippen LogP) is 2.34. The summed E-state index contributed by atoms with van der Waals surface area (Å²) in [5.74, 6) is 1.66. The summed E-state index contributed by atoms with van der Waals surface area (Å²) in [6.45, 7) is 8.12. The maximum Gasteiger partial charge on any atom is 0.115 e. The lowest BCUT2D eigenvalue weighted by Gasteiger charge is -2.34. The summed E-state index contributed by atoms with van der Waals surface area (Å²) in [4.78, 5) is 10.7. The molecule has 2 rings (SSSR count). The van der Waals surface area contributed by atoms with E-state index in [1.54, 1.807) is 6.33 Å². The van der Waals surface area contributed by atoms with Crippen molar-refractivity contribution in [2.45, 2.75) is 33.2 Å². The molecule has 0 spiro atoms. The molecule has 2 heterocycles. The van der Waals surface area contributed by atoms with Crippen LogP contribution in [0, 0.1) is 11.8 Å². The highest BCUT2D eigenvalue weighted by atomic mass is 15.1. The molecule has 1 aliphatic heterocycles. The highest BCUT2D eigenvalue weighted by Crippen LogP contribution is 2.24. The van der Waals surface area contributed by atoms with Gasteiger partial charge in [0.1, 0.15) is 6.33 Å². The van der Waals surface area contributed by atoms with Crippen molar-refractivity contribution >= 4 is 0 Å². The molecular weight excluding hydrogens is 198 g/mol. The van der Waals surface area contributed by atoms with Crippen molar-refractivity contribution in [3.8, 4) is 0 Å². The molecule has 0 bridgehead atoms. The van der Waals surface area contributed by atoms with Gasteiger partial charge in [0.05, 0.1) is 0 Å². The molecule has 0 aliphatic carbocycles. The third-order valence-corrected chi connectivity index (χ3v) is 3.51. The Bertz CT molecular complexity index is 310. The first kappa shape index (κ1) is 11.5. The van der Waals surface area contributed by atoms with E-state index < -0.39 is 0 Å². The van der Waals surface area contributed by atoms with Crippen molar-refractivity contribution in [3.63, 3.8) is 0 Å². The van der Waals surface area contributed by atoms with Crippen LogP contribution in [0.3, 0.4) is 0 Å². The lowest BCUT2D eigenvalue weighted by Crippen LogP contribution is -2.36. The Morgan fingerprint density at radius 2 is 2.12 bits per heavy atom. The van der Waals surface area contributed by atoms with E-state index in [1.807, 2.05) is 12.4 Å². The SMILES string of the molecule is CC(C)[C@H]1CCCN(Cc2cncnc2)C1. The summed E-state index contributed by atoms with van der Waals surface area (Å²) in [5.41, 5.74) is 1.23. The van der Waals surface area contributed by atoms with Crippen molar-refractivity contribution < 1.29 is 0 Å². The van der Waals surface area contributed by atoms with Crippen LogP contribution in [0.15, 0.2) is 18.7 Å². The van der Waals surface area contributed by atoms with Gasteiger partial charge in [0.15, 0.2) is 0 Å². The number of likely N-dealkylation sites (tertiary alicyclic amines) is 1. The van der Waals surface area contributed by atoms with Gasteiger partial charge in [-0.25, -0.2) is 9.97 Å². The Kier molecular flexibility index (Phi) is 3.88. The molecule has 1 aliphatic rings. The first-order valence-corrected chi connectivity index (χ1v) is 6.22.